The lowest BCUT2D eigenvalue weighted by Crippen LogP contribution is -2.25. The van der Waals surface area contributed by atoms with Gasteiger partial charge in [0.15, 0.2) is 0 Å². The number of ether oxygens (including phenoxy) is 1. The van der Waals surface area contributed by atoms with Crippen molar-refractivity contribution in [3.8, 4) is 17.1 Å². The molecule has 1 saturated heterocycles. The molecular weight excluding hydrogens is 342 g/mol. The van der Waals surface area contributed by atoms with Crippen LogP contribution in [0.2, 0.25) is 0 Å². The minimum atomic E-state index is -0.113. The highest BCUT2D eigenvalue weighted by Crippen LogP contribution is 2.34. The first-order chi connectivity index (χ1) is 13.2. The first-order valence-corrected chi connectivity index (χ1v) is 9.09. The minimum Gasteiger partial charge on any atom is -0.493 e. The zero-order valence-electron chi connectivity index (χ0n) is 15.4. The van der Waals surface area contributed by atoms with E-state index in [4.69, 9.17) is 9.26 Å². The van der Waals surface area contributed by atoms with Gasteiger partial charge in [-0.15, -0.1) is 0 Å². The predicted molar refractivity (Wildman–Crippen MR) is 102 cm³/mol. The predicted octanol–water partition coefficient (Wildman–Crippen LogP) is 3.96. The van der Waals surface area contributed by atoms with Crippen molar-refractivity contribution in [2.75, 3.05) is 18.1 Å². The second-order valence-corrected chi connectivity index (χ2v) is 6.58. The number of carbonyl (C=O) groups is 1. The molecule has 1 unspecified atom stereocenters. The highest BCUT2D eigenvalue weighted by atomic mass is 16.5. The summed E-state index contributed by atoms with van der Waals surface area (Å²) in [7, 11) is 0. The van der Waals surface area contributed by atoms with Crippen LogP contribution in [-0.4, -0.2) is 29.2 Å². The highest BCUT2D eigenvalue weighted by molar-refractivity contribution is 5.97. The molecule has 2 aromatic carbocycles. The van der Waals surface area contributed by atoms with E-state index in [0.717, 1.165) is 22.6 Å². The molecule has 0 bridgehead atoms. The fourth-order valence-electron chi connectivity index (χ4n) is 3.42. The van der Waals surface area contributed by atoms with Crippen LogP contribution in [0, 0.1) is 6.92 Å². The van der Waals surface area contributed by atoms with Gasteiger partial charge in [-0.1, -0.05) is 35.5 Å². The van der Waals surface area contributed by atoms with Crippen molar-refractivity contribution in [3.63, 3.8) is 0 Å². The average molecular weight is 363 g/mol. The summed E-state index contributed by atoms with van der Waals surface area (Å²) in [5.41, 5.74) is 2.80. The van der Waals surface area contributed by atoms with Gasteiger partial charge in [0.25, 0.3) is 0 Å². The fourth-order valence-corrected chi connectivity index (χ4v) is 3.42. The van der Waals surface area contributed by atoms with Gasteiger partial charge < -0.3 is 14.2 Å². The number of hydrogen-bond acceptors (Lipinski definition) is 5. The summed E-state index contributed by atoms with van der Waals surface area (Å²) >= 11 is 0. The van der Waals surface area contributed by atoms with Crippen molar-refractivity contribution in [3.05, 3.63) is 60.0 Å². The number of anilines is 1. The zero-order valence-corrected chi connectivity index (χ0v) is 15.4. The van der Waals surface area contributed by atoms with Crippen molar-refractivity contribution in [1.29, 1.82) is 0 Å². The molecule has 0 radical (unpaired) electrons. The largest absolute Gasteiger partial charge is 0.493 e. The van der Waals surface area contributed by atoms with E-state index >= 15 is 0 Å². The third-order valence-corrected chi connectivity index (χ3v) is 4.75. The quantitative estimate of drug-likeness (QED) is 0.686. The monoisotopic (exact) mass is 363 g/mol. The minimum absolute atomic E-state index is 0.0729. The van der Waals surface area contributed by atoms with Gasteiger partial charge in [-0.3, -0.25) is 4.79 Å². The number of benzene rings is 2. The lowest BCUT2D eigenvalue weighted by Gasteiger charge is -2.18. The first kappa shape index (κ1) is 17.3. The SMILES string of the molecule is CCOc1ccccc1-c1noc(C2CC(=O)N(c3ccccc3C)C2)n1. The van der Waals surface area contributed by atoms with Crippen LogP contribution >= 0.6 is 0 Å². The van der Waals surface area contributed by atoms with Crippen molar-refractivity contribution < 1.29 is 14.1 Å². The number of amides is 1. The Balaban J connectivity index is 1.58. The molecule has 6 nitrogen and oxygen atoms in total. The lowest BCUT2D eigenvalue weighted by molar-refractivity contribution is -0.117. The van der Waals surface area contributed by atoms with Gasteiger partial charge in [0.1, 0.15) is 5.75 Å². The fraction of sp³-hybridized carbons (Fsp3) is 0.286. The number of aromatic nitrogens is 2. The summed E-state index contributed by atoms with van der Waals surface area (Å²) in [5.74, 6) is 1.65. The molecule has 138 valence electrons. The Morgan fingerprint density at radius 3 is 2.78 bits per heavy atom. The van der Waals surface area contributed by atoms with Gasteiger partial charge >= 0.3 is 0 Å². The molecule has 0 N–H and O–H groups in total. The molecule has 1 aliphatic heterocycles. The lowest BCUT2D eigenvalue weighted by atomic mass is 10.1. The number of aryl methyl sites for hydroxylation is 1. The summed E-state index contributed by atoms with van der Waals surface area (Å²) < 4.78 is 11.2. The van der Waals surface area contributed by atoms with Crippen molar-refractivity contribution in [1.82, 2.24) is 10.1 Å². The molecule has 1 atom stereocenters. The van der Waals surface area contributed by atoms with Crippen LogP contribution in [0.5, 0.6) is 5.75 Å². The summed E-state index contributed by atoms with van der Waals surface area (Å²) in [6.45, 7) is 5.04. The molecule has 1 fully saturated rings. The third kappa shape index (κ3) is 3.30. The van der Waals surface area contributed by atoms with E-state index in [1.54, 1.807) is 4.90 Å². The van der Waals surface area contributed by atoms with Crippen LogP contribution in [0.15, 0.2) is 53.1 Å². The smallest absolute Gasteiger partial charge is 0.232 e. The van der Waals surface area contributed by atoms with E-state index in [0.29, 0.717) is 31.3 Å². The van der Waals surface area contributed by atoms with Crippen LogP contribution in [-0.2, 0) is 4.79 Å². The van der Waals surface area contributed by atoms with Crippen molar-refractivity contribution in [2.45, 2.75) is 26.2 Å². The Bertz CT molecular complexity index is 967. The number of nitrogens with zero attached hydrogens (tertiary/aromatic N) is 3. The van der Waals surface area contributed by atoms with Gasteiger partial charge in [-0.2, -0.15) is 4.98 Å². The number of rotatable bonds is 5. The second kappa shape index (κ2) is 7.23. The van der Waals surface area contributed by atoms with E-state index in [1.165, 1.54) is 0 Å². The van der Waals surface area contributed by atoms with Gasteiger partial charge in [0, 0.05) is 18.7 Å². The normalized spacial score (nSPS) is 16.7. The summed E-state index contributed by atoms with van der Waals surface area (Å²) in [5, 5.41) is 4.12. The topological polar surface area (TPSA) is 68.5 Å². The van der Waals surface area contributed by atoms with Crippen LogP contribution in [0.3, 0.4) is 0 Å². The Hall–Kier alpha value is -3.15. The summed E-state index contributed by atoms with van der Waals surface area (Å²) in [6, 6.07) is 15.5. The molecule has 4 rings (SSSR count). The van der Waals surface area contributed by atoms with Crippen LogP contribution in [0.25, 0.3) is 11.4 Å². The third-order valence-electron chi connectivity index (χ3n) is 4.75. The van der Waals surface area contributed by atoms with Gasteiger partial charge in [0.2, 0.25) is 17.6 Å². The van der Waals surface area contributed by atoms with E-state index in [-0.39, 0.29) is 11.8 Å². The van der Waals surface area contributed by atoms with Crippen molar-refractivity contribution >= 4 is 11.6 Å². The average Bonchev–Trinajstić information content (AvgIpc) is 3.30. The molecule has 0 spiro atoms. The van der Waals surface area contributed by atoms with Gasteiger partial charge in [-0.25, -0.2) is 0 Å². The molecule has 1 aliphatic rings. The van der Waals surface area contributed by atoms with Gasteiger partial charge in [-0.05, 0) is 37.6 Å². The van der Waals surface area contributed by atoms with E-state index < -0.39 is 0 Å². The maximum atomic E-state index is 12.5. The molecule has 6 heteroatoms. The maximum Gasteiger partial charge on any atom is 0.232 e. The first-order valence-electron chi connectivity index (χ1n) is 9.09. The number of para-hydroxylation sites is 2. The Morgan fingerprint density at radius 2 is 1.96 bits per heavy atom. The summed E-state index contributed by atoms with van der Waals surface area (Å²) in [6.07, 6.45) is 0.364. The van der Waals surface area contributed by atoms with Crippen LogP contribution < -0.4 is 9.64 Å². The Kier molecular flexibility index (Phi) is 4.62. The van der Waals surface area contributed by atoms with Crippen LogP contribution in [0.1, 0.15) is 30.7 Å². The number of carbonyl (C=O) groups excluding carboxylic acids is 1. The van der Waals surface area contributed by atoms with Crippen LogP contribution in [0.4, 0.5) is 5.69 Å². The second-order valence-electron chi connectivity index (χ2n) is 6.58. The Labute approximate surface area is 157 Å². The van der Waals surface area contributed by atoms with E-state index in [9.17, 15) is 4.79 Å². The molecule has 3 aromatic rings. The number of hydrogen-bond donors (Lipinski definition) is 0. The molecule has 1 aromatic heterocycles. The molecule has 0 aliphatic carbocycles. The standard InChI is InChI=1S/C21H21N3O3/c1-3-26-18-11-7-5-9-16(18)20-22-21(27-23-20)15-12-19(25)24(13-15)17-10-6-4-8-14(17)2/h4-11,15H,3,12-13H2,1-2H3. The molecular formula is C21H21N3O3. The molecule has 1 amide bonds. The van der Waals surface area contributed by atoms with Gasteiger partial charge in [0.05, 0.1) is 18.1 Å². The van der Waals surface area contributed by atoms with Crippen molar-refractivity contribution in [2.24, 2.45) is 0 Å². The van der Waals surface area contributed by atoms with E-state index in [1.807, 2.05) is 62.4 Å². The highest BCUT2D eigenvalue weighted by Gasteiger charge is 2.35. The maximum absolute atomic E-state index is 12.5. The van der Waals surface area contributed by atoms with E-state index in [2.05, 4.69) is 10.1 Å². The molecule has 2 heterocycles. The molecule has 0 saturated carbocycles. The zero-order chi connectivity index (χ0) is 18.8. The summed E-state index contributed by atoms with van der Waals surface area (Å²) in [4.78, 5) is 18.9. The Morgan fingerprint density at radius 1 is 1.19 bits per heavy atom. The molecule has 27 heavy (non-hydrogen) atoms.